The van der Waals surface area contributed by atoms with E-state index in [9.17, 15) is 19.2 Å². The maximum absolute atomic E-state index is 14.0. The molecule has 2 aliphatic rings. The lowest BCUT2D eigenvalue weighted by molar-refractivity contribution is -0.135. The maximum atomic E-state index is 14.0. The molecule has 0 bridgehead atoms. The standard InChI is InChI=1S/C45H50N10O6/c1-5-46-44(58)52-38(28-11-7-6-8-12-28)43(57)55-22-10-14-35(55)40-48-25-33(50-40)30-19-20-31-36(23-30)61-41(51-31)29-17-15-27(16-18-29)32-24-47-39(49-32)34-13-9-21-54(34)42(56)37(26(2)3)53-45(59)60-4/h6-8,11-12,15-20,23-26,34-35,37-38H,5,9-10,13-14,21-22H2,1-4H3,(H,47,49)(H,48,50)(H,53,59)(H2,46,52,58)/t34-,35-,37-,38+/m0/s1. The molecule has 0 saturated carbocycles. The predicted molar refractivity (Wildman–Crippen MR) is 228 cm³/mol. The van der Waals surface area contributed by atoms with Crippen LogP contribution in [0, 0.1) is 5.92 Å². The first kappa shape index (κ1) is 40.8. The monoisotopic (exact) mass is 826 g/mol. The van der Waals surface area contributed by atoms with E-state index in [1.165, 1.54) is 7.11 Å². The average molecular weight is 827 g/mol. The first-order valence-electron chi connectivity index (χ1n) is 20.8. The number of likely N-dealkylation sites (tertiary alicyclic amines) is 2. The molecule has 3 aromatic heterocycles. The second-order valence-corrected chi connectivity index (χ2v) is 15.7. The number of H-pyrrole nitrogens is 2. The van der Waals surface area contributed by atoms with Gasteiger partial charge in [0.05, 0.1) is 43.0 Å². The van der Waals surface area contributed by atoms with Crippen molar-refractivity contribution in [3.8, 4) is 34.0 Å². The molecule has 2 saturated heterocycles. The molecule has 8 rings (SSSR count). The smallest absolute Gasteiger partial charge is 0.407 e. The molecule has 0 spiro atoms. The predicted octanol–water partition coefficient (Wildman–Crippen LogP) is 7.04. The second-order valence-electron chi connectivity index (χ2n) is 15.7. The van der Waals surface area contributed by atoms with Gasteiger partial charge in [-0.25, -0.2) is 24.5 Å². The number of hydrogen-bond donors (Lipinski definition) is 5. The summed E-state index contributed by atoms with van der Waals surface area (Å²) in [5.41, 5.74) is 6.19. The normalized spacial score (nSPS) is 17.4. The van der Waals surface area contributed by atoms with Crippen molar-refractivity contribution in [2.75, 3.05) is 26.7 Å². The van der Waals surface area contributed by atoms with Gasteiger partial charge in [-0.3, -0.25) is 9.59 Å². The van der Waals surface area contributed by atoms with E-state index in [0.29, 0.717) is 53.8 Å². The summed E-state index contributed by atoms with van der Waals surface area (Å²) in [6.07, 6.45) is 6.05. The van der Waals surface area contributed by atoms with Crippen molar-refractivity contribution in [2.45, 2.75) is 70.6 Å². The summed E-state index contributed by atoms with van der Waals surface area (Å²) in [5, 5.41) is 8.29. The highest BCUT2D eigenvalue weighted by molar-refractivity contribution is 5.89. The molecule has 2 fully saturated rings. The van der Waals surface area contributed by atoms with Crippen LogP contribution in [0.1, 0.15) is 81.8 Å². The number of fused-ring (bicyclic) bond motifs is 1. The van der Waals surface area contributed by atoms with Crippen molar-refractivity contribution in [2.24, 2.45) is 5.92 Å². The molecule has 16 heteroatoms. The van der Waals surface area contributed by atoms with Crippen molar-refractivity contribution in [3.05, 3.63) is 102 Å². The Hall–Kier alpha value is -6.97. The van der Waals surface area contributed by atoms with E-state index < -0.39 is 24.2 Å². The minimum absolute atomic E-state index is 0.120. The van der Waals surface area contributed by atoms with E-state index in [-0.39, 0.29) is 29.8 Å². The lowest BCUT2D eigenvalue weighted by atomic mass is 10.0. The number of nitrogens with zero attached hydrogens (tertiary/aromatic N) is 5. The Bertz CT molecular complexity index is 2510. The van der Waals surface area contributed by atoms with Crippen LogP contribution in [0.3, 0.4) is 0 Å². The number of benzene rings is 3. The van der Waals surface area contributed by atoms with Gasteiger partial charge < -0.3 is 44.9 Å². The zero-order valence-electron chi connectivity index (χ0n) is 34.6. The molecule has 2 aliphatic heterocycles. The molecular formula is C45H50N10O6. The van der Waals surface area contributed by atoms with Crippen molar-refractivity contribution >= 4 is 35.0 Å². The number of carbonyl (C=O) groups is 4. The molecule has 0 aliphatic carbocycles. The third-order valence-corrected chi connectivity index (χ3v) is 11.4. The number of methoxy groups -OCH3 is 1. The number of urea groups is 1. The fourth-order valence-electron chi connectivity index (χ4n) is 8.26. The average Bonchev–Trinajstić information content (AvgIpc) is 4.13. The number of rotatable bonds is 12. The Kier molecular flexibility index (Phi) is 11.8. The number of aromatic nitrogens is 5. The summed E-state index contributed by atoms with van der Waals surface area (Å²) in [4.78, 5) is 76.8. The van der Waals surface area contributed by atoms with Crippen LogP contribution in [0.15, 0.2) is 89.6 Å². The highest BCUT2D eigenvalue weighted by Crippen LogP contribution is 2.36. The van der Waals surface area contributed by atoms with Crippen LogP contribution >= 0.6 is 0 Å². The summed E-state index contributed by atoms with van der Waals surface area (Å²) < 4.78 is 11.0. The molecule has 5 N–H and O–H groups in total. The third-order valence-electron chi connectivity index (χ3n) is 11.4. The van der Waals surface area contributed by atoms with E-state index in [4.69, 9.17) is 19.1 Å². The van der Waals surface area contributed by atoms with E-state index in [1.54, 1.807) is 22.2 Å². The molecule has 5 amide bonds. The zero-order valence-corrected chi connectivity index (χ0v) is 34.6. The largest absolute Gasteiger partial charge is 0.453 e. The van der Waals surface area contributed by atoms with Gasteiger partial charge in [0.25, 0.3) is 0 Å². The van der Waals surface area contributed by atoms with Crippen molar-refractivity contribution < 1.29 is 28.3 Å². The van der Waals surface area contributed by atoms with E-state index in [1.807, 2.05) is 93.6 Å². The number of oxazole rings is 1. The molecule has 6 aromatic rings. The third kappa shape index (κ3) is 8.56. The maximum Gasteiger partial charge on any atom is 0.407 e. The summed E-state index contributed by atoms with van der Waals surface area (Å²) in [6, 6.07) is 20.5. The van der Waals surface area contributed by atoms with Crippen LogP contribution in [0.4, 0.5) is 9.59 Å². The molecule has 5 heterocycles. The molecule has 316 valence electrons. The number of imidazole rings is 2. The quantitative estimate of drug-likeness (QED) is 0.0857. The van der Waals surface area contributed by atoms with Gasteiger partial charge in [0.1, 0.15) is 29.2 Å². The first-order valence-corrected chi connectivity index (χ1v) is 20.8. The lowest BCUT2D eigenvalue weighted by Gasteiger charge is -2.30. The van der Waals surface area contributed by atoms with Crippen LogP contribution in [-0.2, 0) is 14.3 Å². The number of nitrogens with one attached hydrogen (secondary N) is 5. The number of ether oxygens (including phenoxy) is 1. The number of alkyl carbamates (subject to hydrolysis) is 1. The van der Waals surface area contributed by atoms with Gasteiger partial charge >= 0.3 is 12.1 Å². The fraction of sp³-hybridized carbons (Fsp3) is 0.356. The van der Waals surface area contributed by atoms with Crippen molar-refractivity contribution in [3.63, 3.8) is 0 Å². The van der Waals surface area contributed by atoms with Crippen LogP contribution in [0.5, 0.6) is 0 Å². The Morgan fingerprint density at radius 3 is 2.03 bits per heavy atom. The minimum Gasteiger partial charge on any atom is -0.453 e. The van der Waals surface area contributed by atoms with Gasteiger partial charge in [0.2, 0.25) is 17.7 Å². The molecule has 0 unspecified atom stereocenters. The van der Waals surface area contributed by atoms with Crippen LogP contribution in [0.2, 0.25) is 0 Å². The minimum atomic E-state index is -0.838. The van der Waals surface area contributed by atoms with Gasteiger partial charge in [-0.15, -0.1) is 0 Å². The molecule has 4 atom stereocenters. The van der Waals surface area contributed by atoms with Crippen molar-refractivity contribution in [1.82, 2.24) is 50.7 Å². The summed E-state index contributed by atoms with van der Waals surface area (Å²) >= 11 is 0. The summed E-state index contributed by atoms with van der Waals surface area (Å²) in [5.74, 6) is 1.38. The number of carbonyl (C=O) groups excluding carboxylic acids is 4. The number of aromatic amines is 2. The molecule has 61 heavy (non-hydrogen) atoms. The SMILES string of the molecule is CCNC(=O)N[C@@H](C(=O)N1CCC[C@H]1c1ncc(-c2ccc3nc(-c4ccc(-c5cnc([C@@H]6CCCN6C(=O)[C@@H](NC(=O)OC)C(C)C)[nH]5)cc4)oc3c2)[nH]1)c1ccccc1. The van der Waals surface area contributed by atoms with E-state index in [0.717, 1.165) is 53.8 Å². The Labute approximate surface area is 352 Å². The molecule has 3 aromatic carbocycles. The number of hydrogen-bond acceptors (Lipinski definition) is 9. The van der Waals surface area contributed by atoms with Crippen LogP contribution in [-0.4, -0.2) is 91.4 Å². The van der Waals surface area contributed by atoms with Crippen LogP contribution < -0.4 is 16.0 Å². The van der Waals surface area contributed by atoms with Gasteiger partial charge in [-0.1, -0.05) is 62.4 Å². The summed E-state index contributed by atoms with van der Waals surface area (Å²) in [7, 11) is 1.28. The topological polar surface area (TPSA) is 203 Å². The summed E-state index contributed by atoms with van der Waals surface area (Å²) in [6.45, 7) is 7.19. The molecular weight excluding hydrogens is 777 g/mol. The van der Waals surface area contributed by atoms with Gasteiger partial charge in [-0.05, 0) is 73.9 Å². The van der Waals surface area contributed by atoms with Gasteiger partial charge in [0, 0.05) is 30.8 Å². The van der Waals surface area contributed by atoms with Gasteiger partial charge in [0.15, 0.2) is 5.58 Å². The van der Waals surface area contributed by atoms with E-state index >= 15 is 0 Å². The van der Waals surface area contributed by atoms with Crippen LogP contribution in [0.25, 0.3) is 45.1 Å². The lowest BCUT2D eigenvalue weighted by Crippen LogP contribution is -2.51. The Morgan fingerprint density at radius 1 is 0.803 bits per heavy atom. The zero-order chi connectivity index (χ0) is 42.6. The molecule has 0 radical (unpaired) electrons. The highest BCUT2D eigenvalue weighted by atomic mass is 16.5. The number of amides is 5. The second kappa shape index (κ2) is 17.7. The highest BCUT2D eigenvalue weighted by Gasteiger charge is 2.38. The fourth-order valence-corrected chi connectivity index (χ4v) is 8.26. The van der Waals surface area contributed by atoms with Crippen molar-refractivity contribution in [1.29, 1.82) is 0 Å². The first-order chi connectivity index (χ1) is 29.6. The Morgan fingerprint density at radius 2 is 1.41 bits per heavy atom. The Balaban J connectivity index is 0.951. The van der Waals surface area contributed by atoms with Gasteiger partial charge in [-0.2, -0.15) is 0 Å². The molecule has 16 nitrogen and oxygen atoms in total. The van der Waals surface area contributed by atoms with E-state index in [2.05, 4.69) is 30.9 Å².